The largest absolute Gasteiger partial charge is 0.320 e. The molecule has 5 nitrogen and oxygen atoms in total. The van der Waals surface area contributed by atoms with E-state index in [1.54, 1.807) is 29.3 Å². The van der Waals surface area contributed by atoms with Crippen molar-refractivity contribution in [3.63, 3.8) is 0 Å². The number of amides is 1. The number of rotatable bonds is 3. The number of hydrogen-bond donors (Lipinski definition) is 1. The molecule has 20 heavy (non-hydrogen) atoms. The molecule has 0 bridgehead atoms. The van der Waals surface area contributed by atoms with E-state index in [0.29, 0.717) is 6.42 Å². The first-order valence-electron chi connectivity index (χ1n) is 6.00. The van der Waals surface area contributed by atoms with Crippen molar-refractivity contribution in [3.8, 4) is 0 Å². The van der Waals surface area contributed by atoms with Crippen LogP contribution in [0.25, 0.3) is 6.08 Å². The quantitative estimate of drug-likeness (QED) is 0.868. The number of benzene rings is 1. The lowest BCUT2D eigenvalue weighted by atomic mass is 10.2. The molecule has 6 heteroatoms. The predicted molar refractivity (Wildman–Crippen MR) is 77.5 cm³/mol. The fourth-order valence-electron chi connectivity index (χ4n) is 1.64. The Morgan fingerprint density at radius 1 is 1.20 bits per heavy atom. The first-order valence-corrected chi connectivity index (χ1v) is 7.44. The van der Waals surface area contributed by atoms with Crippen LogP contribution in [0.3, 0.4) is 0 Å². The van der Waals surface area contributed by atoms with Crippen molar-refractivity contribution in [1.82, 2.24) is 4.90 Å². The molecular weight excluding hydrogens is 278 g/mol. The molecule has 1 aliphatic rings. The molecule has 1 heterocycles. The monoisotopic (exact) mass is 295 g/mol. The van der Waals surface area contributed by atoms with E-state index < -0.39 is 10.1 Å². The summed E-state index contributed by atoms with van der Waals surface area (Å²) in [4.78, 5) is 12.2. The smallest absolute Gasteiger partial charge is 0.294 e. The summed E-state index contributed by atoms with van der Waals surface area (Å²) < 4.78 is 29.7. The van der Waals surface area contributed by atoms with Gasteiger partial charge in [0.15, 0.2) is 0 Å². The summed E-state index contributed by atoms with van der Waals surface area (Å²) in [5.41, 5.74) is 0.808. The van der Waals surface area contributed by atoms with Gasteiger partial charge in [-0.3, -0.25) is 9.35 Å². The number of likely N-dealkylation sites (tertiary alicyclic amines) is 1. The van der Waals surface area contributed by atoms with Gasteiger partial charge < -0.3 is 4.90 Å². The first-order chi connectivity index (χ1) is 9.38. The molecule has 1 aromatic rings. The van der Waals surface area contributed by atoms with Gasteiger partial charge >= 0.3 is 0 Å². The van der Waals surface area contributed by atoms with Crippen LogP contribution in [0.2, 0.25) is 0 Å². The zero-order valence-corrected chi connectivity index (χ0v) is 11.8. The summed E-state index contributed by atoms with van der Waals surface area (Å²) in [5.74, 6) is 0.208. The van der Waals surface area contributed by atoms with Crippen LogP contribution in [0.1, 0.15) is 18.4 Å². The molecule has 0 atom stereocenters. The number of carbonyl (C=O) groups excluding carboxylic acids is 1. The summed E-state index contributed by atoms with van der Waals surface area (Å²) in [5, 5.41) is 0. The second-order valence-corrected chi connectivity index (χ2v) is 5.54. The van der Waals surface area contributed by atoms with E-state index in [1.165, 1.54) is 12.1 Å². The van der Waals surface area contributed by atoms with E-state index in [1.807, 2.05) is 0 Å². The minimum Gasteiger partial charge on any atom is -0.320 e. The molecule has 0 aliphatic carbocycles. The van der Waals surface area contributed by atoms with Crippen LogP contribution < -0.4 is 0 Å². The van der Waals surface area contributed by atoms with Crippen molar-refractivity contribution in [2.45, 2.75) is 17.7 Å². The van der Waals surface area contributed by atoms with E-state index in [0.717, 1.165) is 18.5 Å². The van der Waals surface area contributed by atoms with E-state index in [2.05, 4.69) is 13.2 Å². The first kappa shape index (κ1) is 16.1. The maximum atomic E-state index is 10.7. The summed E-state index contributed by atoms with van der Waals surface area (Å²) >= 11 is 0. The molecule has 0 saturated carbocycles. The van der Waals surface area contributed by atoms with E-state index in [4.69, 9.17) is 4.55 Å². The van der Waals surface area contributed by atoms with Gasteiger partial charge in [-0.15, -0.1) is 0 Å². The molecule has 1 N–H and O–H groups in total. The van der Waals surface area contributed by atoms with Gasteiger partial charge in [0, 0.05) is 13.0 Å². The van der Waals surface area contributed by atoms with Gasteiger partial charge in [-0.25, -0.2) is 0 Å². The lowest BCUT2D eigenvalue weighted by Crippen LogP contribution is -2.16. The average molecular weight is 295 g/mol. The highest BCUT2D eigenvalue weighted by Gasteiger charge is 2.16. The van der Waals surface area contributed by atoms with E-state index >= 15 is 0 Å². The third-order valence-electron chi connectivity index (χ3n) is 2.74. The van der Waals surface area contributed by atoms with Crippen LogP contribution in [0.5, 0.6) is 0 Å². The lowest BCUT2D eigenvalue weighted by Gasteiger charge is -2.05. The van der Waals surface area contributed by atoms with Crippen LogP contribution in [0.15, 0.2) is 48.5 Å². The van der Waals surface area contributed by atoms with Gasteiger partial charge in [0.25, 0.3) is 10.1 Å². The van der Waals surface area contributed by atoms with E-state index in [9.17, 15) is 13.2 Å². The lowest BCUT2D eigenvalue weighted by molar-refractivity contribution is -0.125. The van der Waals surface area contributed by atoms with Crippen molar-refractivity contribution in [2.24, 2.45) is 0 Å². The van der Waals surface area contributed by atoms with Crippen LogP contribution >= 0.6 is 0 Å². The SMILES string of the molecule is C=CN1CCCC1=O.C=Cc1ccc(S(=O)(=O)O)cc1. The van der Waals surface area contributed by atoms with Crippen molar-refractivity contribution >= 4 is 22.1 Å². The Morgan fingerprint density at radius 3 is 2.10 bits per heavy atom. The zero-order valence-electron chi connectivity index (χ0n) is 11.0. The Labute approximate surface area is 119 Å². The van der Waals surface area contributed by atoms with Crippen molar-refractivity contribution in [3.05, 3.63) is 49.2 Å². The molecule has 1 saturated heterocycles. The molecule has 0 spiro atoms. The third kappa shape index (κ3) is 4.64. The molecule has 1 amide bonds. The number of hydrogen-bond acceptors (Lipinski definition) is 3. The third-order valence-corrected chi connectivity index (χ3v) is 3.61. The molecular formula is C14H17NO4S. The Morgan fingerprint density at radius 2 is 1.80 bits per heavy atom. The van der Waals surface area contributed by atoms with Crippen LogP contribution in [0, 0.1) is 0 Å². The van der Waals surface area contributed by atoms with E-state index in [-0.39, 0.29) is 10.8 Å². The molecule has 1 aromatic carbocycles. The Balaban J connectivity index is 0.000000217. The number of carbonyl (C=O) groups is 1. The fourth-order valence-corrected chi connectivity index (χ4v) is 2.12. The maximum Gasteiger partial charge on any atom is 0.294 e. The van der Waals surface area contributed by atoms with Crippen LogP contribution in [-0.4, -0.2) is 30.3 Å². The van der Waals surface area contributed by atoms with Gasteiger partial charge in [0.1, 0.15) is 0 Å². The standard InChI is InChI=1S/C8H8O3S.C6H9NO/c1-2-7-3-5-8(6-4-7)12(9,10)11;1-2-7-5-3-4-6(7)8/h2-6H,1H2,(H,9,10,11);2H,1,3-5H2. The van der Waals surface area contributed by atoms with Crippen molar-refractivity contribution in [1.29, 1.82) is 0 Å². The topological polar surface area (TPSA) is 74.7 Å². The average Bonchev–Trinajstić information content (AvgIpc) is 2.84. The van der Waals surface area contributed by atoms with Crippen molar-refractivity contribution < 1.29 is 17.8 Å². The molecule has 108 valence electrons. The van der Waals surface area contributed by atoms with Gasteiger partial charge in [0.05, 0.1) is 4.90 Å². The van der Waals surface area contributed by atoms with Gasteiger partial charge in [-0.05, 0) is 30.3 Å². The van der Waals surface area contributed by atoms with Gasteiger partial charge in [-0.2, -0.15) is 8.42 Å². The molecule has 1 fully saturated rings. The number of nitrogens with zero attached hydrogens (tertiary/aromatic N) is 1. The van der Waals surface area contributed by atoms with Crippen LogP contribution in [0.4, 0.5) is 0 Å². The highest BCUT2D eigenvalue weighted by molar-refractivity contribution is 7.85. The van der Waals surface area contributed by atoms with Gasteiger partial charge in [0.2, 0.25) is 5.91 Å². The fraction of sp³-hybridized carbons (Fsp3) is 0.214. The minimum atomic E-state index is -4.06. The molecule has 0 aromatic heterocycles. The Kier molecular flexibility index (Phi) is 5.66. The molecule has 0 unspecified atom stereocenters. The highest BCUT2D eigenvalue weighted by atomic mass is 32.2. The van der Waals surface area contributed by atoms with Gasteiger partial charge in [-0.1, -0.05) is 31.4 Å². The predicted octanol–water partition coefficient (Wildman–Crippen LogP) is 2.33. The molecule has 0 radical (unpaired) electrons. The summed E-state index contributed by atoms with van der Waals surface area (Å²) in [6, 6.07) is 5.78. The Hall–Kier alpha value is -1.92. The Bertz CT molecular complexity index is 590. The minimum absolute atomic E-state index is 0.104. The normalized spacial score (nSPS) is 14.4. The summed E-state index contributed by atoms with van der Waals surface area (Å²) in [6.45, 7) is 7.87. The zero-order chi connectivity index (χ0) is 15.2. The summed E-state index contributed by atoms with van der Waals surface area (Å²) in [6.07, 6.45) is 4.87. The highest BCUT2D eigenvalue weighted by Crippen LogP contribution is 2.10. The summed E-state index contributed by atoms with van der Waals surface area (Å²) in [7, 11) is -4.06. The molecule has 1 aliphatic heterocycles. The maximum absolute atomic E-state index is 10.7. The van der Waals surface area contributed by atoms with Crippen LogP contribution in [-0.2, 0) is 14.9 Å². The second-order valence-electron chi connectivity index (χ2n) is 4.12. The van der Waals surface area contributed by atoms with Crippen molar-refractivity contribution in [2.75, 3.05) is 6.54 Å². The second kappa shape index (κ2) is 7.02. The molecule has 2 rings (SSSR count).